The third-order valence-corrected chi connectivity index (χ3v) is 24.5. The summed E-state index contributed by atoms with van der Waals surface area (Å²) in [6.07, 6.45) is -14.3. The predicted octanol–water partition coefficient (Wildman–Crippen LogP) is 18.2. The molecule has 0 unspecified atom stereocenters. The molecular formula is C68H56F14N4O8S4. The van der Waals surface area contributed by atoms with E-state index in [2.05, 4.69) is 19.9 Å². The number of fused-ring (bicyclic) bond motifs is 2. The predicted molar refractivity (Wildman–Crippen MR) is 337 cm³/mol. The van der Waals surface area contributed by atoms with E-state index in [1.165, 1.54) is 48.5 Å². The number of sulfone groups is 4. The number of alkyl halides is 14. The third-order valence-electron chi connectivity index (χ3n) is 17.4. The minimum Gasteiger partial charge on any atom is -0.225 e. The van der Waals surface area contributed by atoms with Crippen LogP contribution in [0.1, 0.15) is 117 Å². The summed E-state index contributed by atoms with van der Waals surface area (Å²) in [6, 6.07) is 20.2. The lowest BCUT2D eigenvalue weighted by Crippen LogP contribution is -2.50. The number of benzene rings is 9. The van der Waals surface area contributed by atoms with Crippen molar-refractivity contribution in [3.05, 3.63) is 155 Å². The van der Waals surface area contributed by atoms with E-state index in [4.69, 9.17) is 0 Å². The second-order valence-electron chi connectivity index (χ2n) is 28.1. The Labute approximate surface area is 551 Å². The van der Waals surface area contributed by atoms with E-state index in [0.29, 0.717) is 46.5 Å². The van der Waals surface area contributed by atoms with Gasteiger partial charge in [-0.3, -0.25) is 0 Å². The molecule has 12 nitrogen and oxygen atoms in total. The second-order valence-corrected chi connectivity index (χ2v) is 35.8. The SMILES string of the molecule is CC(C)(C)c1ccc(S(=O)(=O)c2cc3c4cc(S(=O)(=O)c5ccc(C(C)(C)C)cc5)c5nc(C(F)(F)C(F)(F)C(F)(F)F)nc6c(S(=O)(=O)c7ccc(C(C)(C)C)cc7)cc(c7cc(S(=O)(=O)c8ccc(C(C)(C)C)cc8)c8nc(C(F)(F)C(F)(F)C(F)(F)F)nc2c8c37)c4c56)cc1. The fourth-order valence-corrected chi connectivity index (χ4v) is 17.3. The molecule has 0 aliphatic carbocycles. The molecule has 30 heteroatoms. The molecule has 11 rings (SSSR count). The maximum atomic E-state index is 16.7. The second kappa shape index (κ2) is 21.8. The van der Waals surface area contributed by atoms with Gasteiger partial charge < -0.3 is 0 Å². The van der Waals surface area contributed by atoms with Crippen LogP contribution in [0.4, 0.5) is 61.5 Å². The first-order valence-electron chi connectivity index (χ1n) is 29.5. The maximum Gasteiger partial charge on any atom is 0.460 e. The zero-order chi connectivity index (χ0) is 73.0. The van der Waals surface area contributed by atoms with Gasteiger partial charge in [-0.2, -0.15) is 61.5 Å². The minimum atomic E-state index is -7.14. The van der Waals surface area contributed by atoms with E-state index in [1.54, 1.807) is 83.1 Å². The molecule has 11 aromatic rings. The van der Waals surface area contributed by atoms with Gasteiger partial charge in [0.2, 0.25) is 51.0 Å². The summed E-state index contributed by atoms with van der Waals surface area (Å²) in [5.41, 5.74) is -7.05. The van der Waals surface area contributed by atoms with Crippen molar-refractivity contribution in [1.29, 1.82) is 0 Å². The summed E-state index contributed by atoms with van der Waals surface area (Å²) in [5, 5.41) is -6.44. The molecule has 0 saturated heterocycles. The molecule has 0 atom stereocenters. The average molecular weight is 1450 g/mol. The number of aromatic nitrogens is 4. The van der Waals surface area contributed by atoms with Crippen LogP contribution in [0.25, 0.3) is 65.2 Å². The van der Waals surface area contributed by atoms with Crippen molar-refractivity contribution in [3.63, 3.8) is 0 Å². The Balaban J connectivity index is 1.47. The molecular weight excluding hydrogens is 1400 g/mol. The first-order valence-corrected chi connectivity index (χ1v) is 35.4. The largest absolute Gasteiger partial charge is 0.460 e. The first-order chi connectivity index (χ1) is 44.4. The fourth-order valence-electron chi connectivity index (χ4n) is 11.7. The Bertz CT molecular complexity index is 4960. The molecule has 0 fully saturated rings. The molecule has 2 heterocycles. The zero-order valence-corrected chi connectivity index (χ0v) is 56.8. The molecule has 0 radical (unpaired) electrons. The van der Waals surface area contributed by atoms with Crippen LogP contribution in [0.5, 0.6) is 0 Å². The van der Waals surface area contributed by atoms with Gasteiger partial charge in [-0.1, -0.05) is 132 Å². The Morgan fingerprint density at radius 2 is 0.439 bits per heavy atom. The molecule has 0 bridgehead atoms. The van der Waals surface area contributed by atoms with Crippen LogP contribution in [0.3, 0.4) is 0 Å². The summed E-state index contributed by atoms with van der Waals surface area (Å²) < 4.78 is 341. The molecule has 0 amide bonds. The van der Waals surface area contributed by atoms with Crippen LogP contribution in [-0.2, 0) is 72.9 Å². The third kappa shape index (κ3) is 10.8. The van der Waals surface area contributed by atoms with Crippen LogP contribution < -0.4 is 0 Å². The molecule has 0 aliphatic heterocycles. The van der Waals surface area contributed by atoms with Crippen molar-refractivity contribution in [2.24, 2.45) is 0 Å². The molecule has 518 valence electrons. The summed E-state index contributed by atoms with van der Waals surface area (Å²) in [4.78, 5) is 5.19. The standard InChI is InChI=1S/C68H56F14N4O8S4/c1-59(2,3)33-13-21-37(22-14-33)95(87,88)45-29-41-42-30-47(97(91,92)39-25-17-35(18-26-39)61(7,8)9)55-52-50(42)44(32-48(98(93,94)40-27-19-36(20-28-40)62(10,11)12)56(52)86-58(85-55)64(71,72)66(75,76)68(80,81)82)43-31-46(96(89,90)38-23-15-34(16-24-38)60(4,5)6)54-51(49(41)43)53(45)83-57(84-54)63(69,70)65(73,74)67(77,78)79/h13-32H,1-12H3. The van der Waals surface area contributed by atoms with Crippen LogP contribution in [0.15, 0.2) is 160 Å². The van der Waals surface area contributed by atoms with E-state index in [0.717, 1.165) is 48.5 Å². The Hall–Kier alpha value is -7.96. The first kappa shape index (κ1) is 71.3. The highest BCUT2D eigenvalue weighted by atomic mass is 32.2. The van der Waals surface area contributed by atoms with E-state index < -0.39 is 213 Å². The molecule has 0 N–H and O–H groups in total. The number of nitrogens with zero attached hydrogens (tertiary/aromatic N) is 4. The molecule has 2 aromatic heterocycles. The van der Waals surface area contributed by atoms with Crippen LogP contribution in [0.2, 0.25) is 0 Å². The Kier molecular flexibility index (Phi) is 15.8. The van der Waals surface area contributed by atoms with Crippen molar-refractivity contribution >= 4 is 105 Å². The number of halogens is 14. The fraction of sp³-hybridized carbons (Fsp3) is 0.324. The van der Waals surface area contributed by atoms with Gasteiger partial charge in [-0.05, 0) is 138 Å². The molecule has 0 saturated carbocycles. The highest BCUT2D eigenvalue weighted by Crippen LogP contribution is 2.57. The molecule has 0 spiro atoms. The summed E-state index contributed by atoms with van der Waals surface area (Å²) in [5.74, 6) is -33.1. The minimum absolute atomic E-state index is 0.453. The Morgan fingerprint density at radius 1 is 0.265 bits per heavy atom. The van der Waals surface area contributed by atoms with E-state index in [9.17, 15) is 26.3 Å². The van der Waals surface area contributed by atoms with Gasteiger partial charge in [0.1, 0.15) is 0 Å². The molecule has 98 heavy (non-hydrogen) atoms. The van der Waals surface area contributed by atoms with Crippen LogP contribution in [0, 0.1) is 0 Å². The lowest BCUT2D eigenvalue weighted by atomic mass is 9.87. The lowest BCUT2D eigenvalue weighted by Gasteiger charge is -2.28. The van der Waals surface area contributed by atoms with Gasteiger partial charge in [-0.25, -0.2) is 53.6 Å². The Morgan fingerprint density at radius 3 is 0.592 bits per heavy atom. The quantitative estimate of drug-likeness (QED) is 0.0640. The number of rotatable bonds is 12. The van der Waals surface area contributed by atoms with Gasteiger partial charge in [0, 0.05) is 21.5 Å². The van der Waals surface area contributed by atoms with Crippen molar-refractivity contribution < 1.29 is 95.1 Å². The van der Waals surface area contributed by atoms with Gasteiger partial charge >= 0.3 is 36.0 Å². The summed E-state index contributed by atoms with van der Waals surface area (Å²) in [7, 11) is -22.4. The average Bonchev–Trinajstić information content (AvgIpc) is 0.671. The van der Waals surface area contributed by atoms with Crippen molar-refractivity contribution in [2.45, 2.75) is 180 Å². The smallest absolute Gasteiger partial charge is 0.225 e. The lowest BCUT2D eigenvalue weighted by molar-refractivity contribution is -0.361. The zero-order valence-electron chi connectivity index (χ0n) is 53.5. The highest BCUT2D eigenvalue weighted by molar-refractivity contribution is 7.92. The van der Waals surface area contributed by atoms with Gasteiger partial charge in [0.05, 0.1) is 61.2 Å². The summed E-state index contributed by atoms with van der Waals surface area (Å²) in [6.45, 7) is 20.5. The van der Waals surface area contributed by atoms with Gasteiger partial charge in [0.15, 0.2) is 0 Å². The number of hydrogen-bond donors (Lipinski definition) is 0. The number of hydrogen-bond acceptors (Lipinski definition) is 12. The van der Waals surface area contributed by atoms with Crippen molar-refractivity contribution in [1.82, 2.24) is 19.9 Å². The van der Waals surface area contributed by atoms with Crippen molar-refractivity contribution in [2.75, 3.05) is 0 Å². The van der Waals surface area contributed by atoms with Gasteiger partial charge in [-0.15, -0.1) is 0 Å². The van der Waals surface area contributed by atoms with Crippen molar-refractivity contribution in [3.8, 4) is 0 Å². The molecule has 9 aromatic carbocycles. The van der Waals surface area contributed by atoms with E-state index in [1.807, 2.05) is 0 Å². The normalized spacial score (nSPS) is 14.6. The summed E-state index contributed by atoms with van der Waals surface area (Å²) >= 11 is 0. The maximum absolute atomic E-state index is 16.7. The van der Waals surface area contributed by atoms with Gasteiger partial charge in [0.25, 0.3) is 0 Å². The topological polar surface area (TPSA) is 188 Å². The molecule has 0 aliphatic rings. The van der Waals surface area contributed by atoms with E-state index in [-0.39, 0.29) is 0 Å². The van der Waals surface area contributed by atoms with E-state index >= 15 is 68.8 Å². The van der Waals surface area contributed by atoms with Crippen LogP contribution in [-0.4, -0.2) is 77.8 Å². The van der Waals surface area contributed by atoms with Crippen LogP contribution >= 0.6 is 0 Å². The monoisotopic (exact) mass is 1450 g/mol. The highest BCUT2D eigenvalue weighted by Gasteiger charge is 2.76.